The quantitative estimate of drug-likeness (QED) is 0.293. The summed E-state index contributed by atoms with van der Waals surface area (Å²) in [6.07, 6.45) is 6.74. The highest BCUT2D eigenvalue weighted by molar-refractivity contribution is 8.68. The van der Waals surface area contributed by atoms with Crippen LogP contribution in [0.15, 0.2) is 0 Å². The van der Waals surface area contributed by atoms with E-state index in [1.807, 2.05) is 27.7 Å². The Bertz CT molecular complexity index is 361. The number of hydrogen-bond donors (Lipinski definition) is 1. The van der Waals surface area contributed by atoms with E-state index in [4.69, 9.17) is 26.0 Å². The first-order chi connectivity index (χ1) is 10.7. The minimum atomic E-state index is -2.52. The van der Waals surface area contributed by atoms with Crippen LogP contribution < -0.4 is 0 Å². The largest absolute Gasteiger partial charge is 0.481 e. The third-order valence-electron chi connectivity index (χ3n) is 2.99. The Kier molecular flexibility index (Phi) is 12.9. The predicted octanol–water partition coefficient (Wildman–Crippen LogP) is 6.00. The second-order valence-corrected chi connectivity index (χ2v) is 12.7. The van der Waals surface area contributed by atoms with Crippen LogP contribution in [0.3, 0.4) is 0 Å². The summed E-state index contributed by atoms with van der Waals surface area (Å²) in [7, 11) is 0. The maximum Gasteiger partial charge on any atom is 0.304 e. The number of rotatable bonds is 14. The van der Waals surface area contributed by atoms with Gasteiger partial charge in [0.1, 0.15) is 0 Å². The van der Waals surface area contributed by atoms with Gasteiger partial charge in [-0.2, -0.15) is 0 Å². The lowest BCUT2D eigenvalue weighted by atomic mass is 10.1. The van der Waals surface area contributed by atoms with E-state index in [0.29, 0.717) is 0 Å². The molecule has 0 aromatic heterocycles. The fourth-order valence-electron chi connectivity index (χ4n) is 2.14. The maximum absolute atomic E-state index is 11.2. The van der Waals surface area contributed by atoms with Gasteiger partial charge in [-0.05, 0) is 45.9 Å². The zero-order valence-electron chi connectivity index (χ0n) is 15.1. The molecule has 0 heterocycles. The van der Waals surface area contributed by atoms with Gasteiger partial charge in [0.05, 0.1) is 18.6 Å². The lowest BCUT2D eigenvalue weighted by Gasteiger charge is -2.28. The molecular weight excluding hydrogens is 351 g/mol. The zero-order chi connectivity index (χ0) is 17.9. The van der Waals surface area contributed by atoms with E-state index in [9.17, 15) is 4.79 Å². The summed E-state index contributed by atoms with van der Waals surface area (Å²) in [5.41, 5.74) is -2.52. The summed E-state index contributed by atoms with van der Waals surface area (Å²) in [5.74, 6) is -0.785. The molecule has 1 N–H and O–H groups in total. The molecule has 138 valence electrons. The Morgan fingerprint density at radius 1 is 1.09 bits per heavy atom. The van der Waals surface area contributed by atoms with E-state index in [2.05, 4.69) is 6.92 Å². The number of hydrogen-bond acceptors (Lipinski definition) is 5. The molecule has 0 rings (SSSR count). The van der Waals surface area contributed by atoms with Crippen LogP contribution in [0, 0.1) is 0 Å². The monoisotopic (exact) mass is 384 g/mol. The Morgan fingerprint density at radius 2 is 1.61 bits per heavy atom. The number of carboxylic acids is 1. The van der Waals surface area contributed by atoms with Gasteiger partial charge < -0.3 is 14.2 Å². The van der Waals surface area contributed by atoms with E-state index < -0.39 is 11.7 Å². The van der Waals surface area contributed by atoms with Gasteiger partial charge in [0.2, 0.25) is 5.69 Å². The third-order valence-corrected chi connectivity index (χ3v) is 8.78. The minimum Gasteiger partial charge on any atom is -0.481 e. The van der Waals surface area contributed by atoms with Gasteiger partial charge >= 0.3 is 5.97 Å². The van der Waals surface area contributed by atoms with Crippen molar-refractivity contribution in [2.24, 2.45) is 0 Å². The van der Waals surface area contributed by atoms with Crippen LogP contribution in [0.4, 0.5) is 0 Å². The van der Waals surface area contributed by atoms with Gasteiger partial charge in [-0.3, -0.25) is 4.79 Å². The normalized spacial score (nSPS) is 13.7. The molecule has 4 nitrogen and oxygen atoms in total. The summed E-state index contributed by atoms with van der Waals surface area (Å²) in [4.78, 5) is 11.2. The summed E-state index contributed by atoms with van der Waals surface area (Å²) < 4.78 is 11.8. The Balaban J connectivity index is 4.71. The van der Waals surface area contributed by atoms with Crippen LogP contribution in [0.1, 0.15) is 79.6 Å². The second kappa shape index (κ2) is 12.7. The van der Waals surface area contributed by atoms with E-state index in [1.54, 1.807) is 0 Å². The average Bonchev–Trinajstić information content (AvgIpc) is 2.34. The summed E-state index contributed by atoms with van der Waals surface area (Å²) in [6, 6.07) is 0. The van der Waals surface area contributed by atoms with Crippen LogP contribution in [-0.2, 0) is 25.6 Å². The Labute approximate surface area is 151 Å². The topological polar surface area (TPSA) is 55.8 Å². The first-order valence-electron chi connectivity index (χ1n) is 8.55. The van der Waals surface area contributed by atoms with Crippen LogP contribution >= 0.6 is 17.1 Å². The van der Waals surface area contributed by atoms with E-state index in [-0.39, 0.29) is 23.9 Å². The molecule has 0 spiro atoms. The molecule has 0 aliphatic heterocycles. The summed E-state index contributed by atoms with van der Waals surface area (Å²) >= 11 is 7.08. The van der Waals surface area contributed by atoms with Crippen LogP contribution in [-0.4, -0.2) is 28.5 Å². The molecule has 7 heteroatoms. The molecule has 0 bridgehead atoms. The summed E-state index contributed by atoms with van der Waals surface area (Å²) in [6.45, 7) is 9.92. The first kappa shape index (κ1) is 23.4. The molecule has 0 aromatic carbocycles. The molecule has 0 fully saturated rings. The number of unbranched alkanes of at least 4 members (excludes halogenated alkanes) is 4. The van der Waals surface area contributed by atoms with Gasteiger partial charge in [-0.1, -0.05) is 50.4 Å². The molecule has 0 saturated heterocycles. The molecule has 0 amide bonds. The fraction of sp³-hybridized carbons (Fsp3) is 0.938. The van der Waals surface area contributed by atoms with Crippen LogP contribution in [0.25, 0.3) is 0 Å². The molecule has 0 saturated carbocycles. The average molecular weight is 385 g/mol. The smallest absolute Gasteiger partial charge is 0.304 e. The molecule has 0 aliphatic rings. The molecule has 1 unspecified atom stereocenters. The third kappa shape index (κ3) is 13.4. The highest BCUT2D eigenvalue weighted by Crippen LogP contribution is 2.65. The first-order valence-corrected chi connectivity index (χ1v) is 12.7. The summed E-state index contributed by atoms with van der Waals surface area (Å²) in [5, 5.41) is 9.12. The van der Waals surface area contributed by atoms with Crippen LogP contribution in [0.2, 0.25) is 0 Å². The lowest BCUT2D eigenvalue weighted by molar-refractivity contribution is -0.137. The van der Waals surface area contributed by atoms with Crippen molar-refractivity contribution in [3.63, 3.8) is 0 Å². The van der Waals surface area contributed by atoms with Crippen molar-refractivity contribution < 1.29 is 18.9 Å². The van der Waals surface area contributed by atoms with E-state index in [0.717, 1.165) is 19.3 Å². The van der Waals surface area contributed by atoms with Crippen molar-refractivity contribution in [3.05, 3.63) is 0 Å². The van der Waals surface area contributed by atoms with Crippen molar-refractivity contribution in [2.45, 2.75) is 97.0 Å². The fourth-order valence-corrected chi connectivity index (χ4v) is 9.27. The zero-order valence-corrected chi connectivity index (χ0v) is 17.6. The highest BCUT2D eigenvalue weighted by Gasteiger charge is 2.29. The standard InChI is InChI=1S/C16H33O4PS2/c1-6-7-8-9-10-11-15(12-16(17)18)23-21(22,19-13(2)3)20-14(4)5/h13-15H,6-12H2,1-5H3,(H,17,18). The van der Waals surface area contributed by atoms with Crippen molar-refractivity contribution in [1.29, 1.82) is 0 Å². The molecule has 0 aromatic rings. The van der Waals surface area contributed by atoms with Gasteiger partial charge in [0.25, 0.3) is 0 Å². The van der Waals surface area contributed by atoms with Crippen molar-refractivity contribution >= 4 is 34.9 Å². The molecular formula is C16H33O4PS2. The molecule has 1 atom stereocenters. The van der Waals surface area contributed by atoms with E-state index in [1.165, 1.54) is 30.6 Å². The maximum atomic E-state index is 11.2. The molecule has 23 heavy (non-hydrogen) atoms. The van der Waals surface area contributed by atoms with Gasteiger partial charge in [0.15, 0.2) is 0 Å². The van der Waals surface area contributed by atoms with Crippen LogP contribution in [0.5, 0.6) is 0 Å². The number of carbonyl (C=O) groups is 1. The highest BCUT2D eigenvalue weighted by atomic mass is 32.9. The molecule has 0 radical (unpaired) electrons. The van der Waals surface area contributed by atoms with Crippen molar-refractivity contribution in [3.8, 4) is 0 Å². The Morgan fingerprint density at radius 3 is 2.04 bits per heavy atom. The number of aliphatic carboxylic acids is 1. The van der Waals surface area contributed by atoms with Crippen molar-refractivity contribution in [2.75, 3.05) is 0 Å². The number of carboxylic acid groups (broad SMARTS) is 1. The van der Waals surface area contributed by atoms with Gasteiger partial charge in [-0.25, -0.2) is 0 Å². The molecule has 0 aliphatic carbocycles. The minimum absolute atomic E-state index is 0.0258. The van der Waals surface area contributed by atoms with Gasteiger partial charge in [-0.15, -0.1) is 0 Å². The van der Waals surface area contributed by atoms with Crippen molar-refractivity contribution in [1.82, 2.24) is 0 Å². The lowest BCUT2D eigenvalue weighted by Crippen LogP contribution is -2.13. The van der Waals surface area contributed by atoms with Gasteiger partial charge in [0, 0.05) is 5.25 Å². The SMILES string of the molecule is CCCCCCCC(CC(=O)O)SP(=S)(OC(C)C)OC(C)C. The second-order valence-electron chi connectivity index (χ2n) is 6.28. The van der Waals surface area contributed by atoms with E-state index >= 15 is 0 Å². The predicted molar refractivity (Wildman–Crippen MR) is 104 cm³/mol. The Hall–Kier alpha value is 0.390.